The number of alkyl halides is 1. The molecular weight excluding hydrogens is 226 g/mol. The lowest BCUT2D eigenvalue weighted by Gasteiger charge is -2.34. The summed E-state index contributed by atoms with van der Waals surface area (Å²) >= 11 is 5.79. The van der Waals surface area contributed by atoms with Crippen LogP contribution in [-0.2, 0) is 9.53 Å². The molecule has 0 bridgehead atoms. The first-order chi connectivity index (χ1) is 7.61. The van der Waals surface area contributed by atoms with Crippen LogP contribution in [-0.4, -0.2) is 30.5 Å². The fraction of sp³-hybridized carbons (Fsp3) is 0.917. The van der Waals surface area contributed by atoms with Crippen LogP contribution in [0.25, 0.3) is 0 Å². The van der Waals surface area contributed by atoms with Crippen molar-refractivity contribution in [2.75, 3.05) is 13.2 Å². The second-order valence-corrected chi connectivity index (χ2v) is 5.28. The summed E-state index contributed by atoms with van der Waals surface area (Å²) in [5.41, 5.74) is 0. The molecule has 1 unspecified atom stereocenters. The van der Waals surface area contributed by atoms with Gasteiger partial charge in [0, 0.05) is 24.9 Å². The van der Waals surface area contributed by atoms with Crippen LogP contribution in [0.4, 0.5) is 0 Å². The van der Waals surface area contributed by atoms with Crippen LogP contribution >= 0.6 is 11.6 Å². The third-order valence-electron chi connectivity index (χ3n) is 2.93. The maximum Gasteiger partial charge on any atom is 0.220 e. The summed E-state index contributed by atoms with van der Waals surface area (Å²) < 4.78 is 5.45. The fourth-order valence-electron chi connectivity index (χ4n) is 1.96. The Kier molecular flexibility index (Phi) is 6.14. The van der Waals surface area contributed by atoms with Gasteiger partial charge in [0.25, 0.3) is 0 Å². The number of hydrogen-bond donors (Lipinski definition) is 1. The number of carbonyl (C=O) groups is 1. The third kappa shape index (κ3) is 5.17. The molecule has 1 N–H and O–H groups in total. The van der Waals surface area contributed by atoms with Crippen molar-refractivity contribution in [3.05, 3.63) is 0 Å². The summed E-state index contributed by atoms with van der Waals surface area (Å²) in [7, 11) is 0. The summed E-state index contributed by atoms with van der Waals surface area (Å²) in [6.45, 7) is 5.40. The van der Waals surface area contributed by atoms with E-state index < -0.39 is 0 Å². The second kappa shape index (κ2) is 7.13. The molecule has 0 saturated heterocycles. The zero-order valence-electron chi connectivity index (χ0n) is 10.2. The number of amides is 1. The second-order valence-electron chi connectivity index (χ2n) is 4.54. The Labute approximate surface area is 103 Å². The molecule has 0 aromatic heterocycles. The first-order valence-corrected chi connectivity index (χ1v) is 6.57. The molecule has 0 spiro atoms. The van der Waals surface area contributed by atoms with Crippen molar-refractivity contribution in [1.82, 2.24) is 5.32 Å². The number of halogens is 1. The van der Waals surface area contributed by atoms with Gasteiger partial charge >= 0.3 is 0 Å². The molecule has 3 nitrogen and oxygen atoms in total. The van der Waals surface area contributed by atoms with E-state index in [0.29, 0.717) is 25.0 Å². The quantitative estimate of drug-likeness (QED) is 0.702. The van der Waals surface area contributed by atoms with Gasteiger partial charge in [-0.3, -0.25) is 4.79 Å². The summed E-state index contributed by atoms with van der Waals surface area (Å²) in [6.07, 6.45) is 3.94. The standard InChI is InChI=1S/C12H22ClNO2/c1-3-16-11-6-10(7-11)8-12(15)14-5-4-9(2)13/h9-11H,3-8H2,1-2H3,(H,14,15). The van der Waals surface area contributed by atoms with Gasteiger partial charge in [-0.25, -0.2) is 0 Å². The first kappa shape index (κ1) is 13.8. The molecule has 0 aromatic rings. The summed E-state index contributed by atoms with van der Waals surface area (Å²) in [5.74, 6) is 0.669. The molecule has 16 heavy (non-hydrogen) atoms. The maximum absolute atomic E-state index is 11.5. The van der Waals surface area contributed by atoms with Gasteiger partial charge in [-0.1, -0.05) is 0 Å². The van der Waals surface area contributed by atoms with E-state index in [-0.39, 0.29) is 11.3 Å². The maximum atomic E-state index is 11.5. The van der Waals surface area contributed by atoms with E-state index in [2.05, 4.69) is 5.32 Å². The van der Waals surface area contributed by atoms with Crippen molar-refractivity contribution in [3.63, 3.8) is 0 Å². The highest BCUT2D eigenvalue weighted by atomic mass is 35.5. The molecule has 0 aromatic carbocycles. The van der Waals surface area contributed by atoms with Crippen LogP contribution in [0.1, 0.15) is 39.5 Å². The van der Waals surface area contributed by atoms with Crippen LogP contribution in [0.3, 0.4) is 0 Å². The number of hydrogen-bond acceptors (Lipinski definition) is 2. The minimum absolute atomic E-state index is 0.131. The topological polar surface area (TPSA) is 38.3 Å². The van der Waals surface area contributed by atoms with E-state index in [0.717, 1.165) is 25.9 Å². The molecule has 94 valence electrons. The minimum Gasteiger partial charge on any atom is -0.378 e. The van der Waals surface area contributed by atoms with E-state index >= 15 is 0 Å². The monoisotopic (exact) mass is 247 g/mol. The van der Waals surface area contributed by atoms with Gasteiger partial charge in [0.1, 0.15) is 0 Å². The van der Waals surface area contributed by atoms with Gasteiger partial charge in [-0.05, 0) is 39.0 Å². The largest absolute Gasteiger partial charge is 0.378 e. The van der Waals surface area contributed by atoms with Crippen molar-refractivity contribution in [2.45, 2.75) is 51.0 Å². The first-order valence-electron chi connectivity index (χ1n) is 6.14. The lowest BCUT2D eigenvalue weighted by atomic mass is 9.80. The Bertz CT molecular complexity index is 215. The molecule has 0 radical (unpaired) electrons. The number of ether oxygens (including phenoxy) is 1. The van der Waals surface area contributed by atoms with E-state index in [1.165, 1.54) is 0 Å². The highest BCUT2D eigenvalue weighted by Crippen LogP contribution is 2.32. The lowest BCUT2D eigenvalue weighted by molar-refractivity contribution is -0.124. The normalized spacial score (nSPS) is 25.9. The third-order valence-corrected chi connectivity index (χ3v) is 3.15. The molecule has 1 saturated carbocycles. The average Bonchev–Trinajstić information content (AvgIpc) is 2.14. The van der Waals surface area contributed by atoms with Crippen molar-refractivity contribution in [1.29, 1.82) is 0 Å². The fourth-order valence-corrected chi connectivity index (χ4v) is 2.07. The summed E-state index contributed by atoms with van der Waals surface area (Å²) in [6, 6.07) is 0. The van der Waals surface area contributed by atoms with E-state index in [1.807, 2.05) is 13.8 Å². The van der Waals surface area contributed by atoms with Gasteiger partial charge in [-0.15, -0.1) is 11.6 Å². The molecular formula is C12H22ClNO2. The van der Waals surface area contributed by atoms with Gasteiger partial charge < -0.3 is 10.1 Å². The lowest BCUT2D eigenvalue weighted by Crippen LogP contribution is -2.36. The zero-order chi connectivity index (χ0) is 12.0. The van der Waals surface area contributed by atoms with Crippen LogP contribution in [0, 0.1) is 5.92 Å². The molecule has 1 aliphatic carbocycles. The van der Waals surface area contributed by atoms with Crippen molar-refractivity contribution >= 4 is 17.5 Å². The van der Waals surface area contributed by atoms with Crippen molar-refractivity contribution < 1.29 is 9.53 Å². The molecule has 1 atom stereocenters. The smallest absolute Gasteiger partial charge is 0.220 e. The van der Waals surface area contributed by atoms with E-state index in [9.17, 15) is 4.79 Å². The number of nitrogens with one attached hydrogen (secondary N) is 1. The van der Waals surface area contributed by atoms with Crippen LogP contribution in [0.15, 0.2) is 0 Å². The molecule has 1 aliphatic rings. The Morgan fingerprint density at radius 1 is 1.56 bits per heavy atom. The SMILES string of the molecule is CCOC1CC(CC(=O)NCCC(C)Cl)C1. The molecule has 1 fully saturated rings. The summed E-state index contributed by atoms with van der Waals surface area (Å²) in [5, 5.41) is 3.03. The van der Waals surface area contributed by atoms with Crippen LogP contribution in [0.5, 0.6) is 0 Å². The number of carbonyl (C=O) groups excluding carboxylic acids is 1. The highest BCUT2D eigenvalue weighted by Gasteiger charge is 2.30. The predicted octanol–water partition coefficient (Wildman–Crippen LogP) is 2.33. The van der Waals surface area contributed by atoms with Gasteiger partial charge in [0.15, 0.2) is 0 Å². The Morgan fingerprint density at radius 2 is 2.25 bits per heavy atom. The van der Waals surface area contributed by atoms with E-state index in [1.54, 1.807) is 0 Å². The molecule has 0 aliphatic heterocycles. The minimum atomic E-state index is 0.131. The van der Waals surface area contributed by atoms with Gasteiger partial charge in [0.05, 0.1) is 6.10 Å². The highest BCUT2D eigenvalue weighted by molar-refractivity contribution is 6.20. The van der Waals surface area contributed by atoms with Crippen LogP contribution < -0.4 is 5.32 Å². The van der Waals surface area contributed by atoms with Crippen molar-refractivity contribution in [3.8, 4) is 0 Å². The molecule has 4 heteroatoms. The van der Waals surface area contributed by atoms with E-state index in [4.69, 9.17) is 16.3 Å². The molecule has 0 heterocycles. The Balaban J connectivity index is 1.99. The van der Waals surface area contributed by atoms with Crippen LogP contribution in [0.2, 0.25) is 0 Å². The molecule has 1 rings (SSSR count). The summed E-state index contributed by atoms with van der Waals surface area (Å²) in [4.78, 5) is 11.5. The molecule has 1 amide bonds. The van der Waals surface area contributed by atoms with Gasteiger partial charge in [0.2, 0.25) is 5.91 Å². The zero-order valence-corrected chi connectivity index (χ0v) is 10.9. The Morgan fingerprint density at radius 3 is 2.81 bits per heavy atom. The van der Waals surface area contributed by atoms with Crippen molar-refractivity contribution in [2.24, 2.45) is 5.92 Å². The average molecular weight is 248 g/mol. The predicted molar refractivity (Wildman–Crippen MR) is 65.7 cm³/mol. The number of rotatable bonds is 7. The Hall–Kier alpha value is -0.280. The van der Waals surface area contributed by atoms with Gasteiger partial charge in [-0.2, -0.15) is 0 Å².